The predicted octanol–water partition coefficient (Wildman–Crippen LogP) is 5.38. The van der Waals surface area contributed by atoms with Crippen LogP contribution >= 0.6 is 27.7 Å². The first kappa shape index (κ1) is 25.7. The lowest BCUT2D eigenvalue weighted by Crippen LogP contribution is -2.20. The lowest BCUT2D eigenvalue weighted by atomic mass is 10.2. The normalized spacial score (nSPS) is 11.0. The molecule has 0 spiro atoms. The Morgan fingerprint density at radius 3 is 2.41 bits per heavy atom. The Morgan fingerprint density at radius 2 is 1.74 bits per heavy atom. The predicted molar refractivity (Wildman–Crippen MR) is 139 cm³/mol. The van der Waals surface area contributed by atoms with Crippen molar-refractivity contribution in [2.24, 2.45) is 5.10 Å². The fraction of sp³-hybridized carbons (Fsp3) is 0.280. The molecule has 1 N–H and O–H groups in total. The number of hydrogen-bond acceptors (Lipinski definition) is 7. The molecule has 7 nitrogen and oxygen atoms in total. The number of carbonyl (C=O) groups is 1. The van der Waals surface area contributed by atoms with E-state index in [1.54, 1.807) is 6.21 Å². The summed E-state index contributed by atoms with van der Waals surface area (Å²) < 4.78 is 12.5. The third-order valence-electron chi connectivity index (χ3n) is 4.56. The monoisotopic (exact) mass is 542 g/mol. The van der Waals surface area contributed by atoms with Gasteiger partial charge in [-0.2, -0.15) is 5.10 Å². The van der Waals surface area contributed by atoms with Crippen molar-refractivity contribution in [3.05, 3.63) is 75.0 Å². The van der Waals surface area contributed by atoms with Gasteiger partial charge in [0.25, 0.3) is 5.91 Å². The topological polar surface area (TPSA) is 85.7 Å². The average Bonchev–Trinajstić information content (AvgIpc) is 2.79. The third kappa shape index (κ3) is 7.85. The highest BCUT2D eigenvalue weighted by Crippen LogP contribution is 2.34. The van der Waals surface area contributed by atoms with Crippen LogP contribution in [0.4, 0.5) is 0 Å². The van der Waals surface area contributed by atoms with Gasteiger partial charge in [-0.1, -0.05) is 41.6 Å². The zero-order valence-corrected chi connectivity index (χ0v) is 22.0. The number of rotatable bonds is 10. The second-order valence-electron chi connectivity index (χ2n) is 7.54. The number of nitrogens with one attached hydrogen (secondary N) is 1. The quantitative estimate of drug-likeness (QED) is 0.160. The Bertz CT molecular complexity index is 1150. The zero-order valence-electron chi connectivity index (χ0n) is 19.6. The number of aromatic nitrogens is 2. The number of thioether (sulfide) groups is 1. The van der Waals surface area contributed by atoms with Crippen molar-refractivity contribution in [1.29, 1.82) is 0 Å². The SMILES string of the molecule is CCOc1cc(/C=N\NC(=O)CSc2nc(C)cc(C)n2)c(Br)cc1OCc1ccc(C)cc1. The Kier molecular flexibility index (Phi) is 9.47. The molecule has 0 aliphatic heterocycles. The Hall–Kier alpha value is -2.91. The summed E-state index contributed by atoms with van der Waals surface area (Å²) in [5.41, 5.74) is 7.30. The van der Waals surface area contributed by atoms with Crippen LogP contribution in [0.3, 0.4) is 0 Å². The van der Waals surface area contributed by atoms with E-state index < -0.39 is 0 Å². The summed E-state index contributed by atoms with van der Waals surface area (Å²) in [6.45, 7) is 8.69. The average molecular weight is 543 g/mol. The van der Waals surface area contributed by atoms with Gasteiger partial charge >= 0.3 is 0 Å². The number of ether oxygens (including phenoxy) is 2. The van der Waals surface area contributed by atoms with Crippen LogP contribution in [0.25, 0.3) is 0 Å². The molecule has 1 heterocycles. The minimum Gasteiger partial charge on any atom is -0.490 e. The summed E-state index contributed by atoms with van der Waals surface area (Å²) in [6.07, 6.45) is 1.56. The molecule has 0 fully saturated rings. The molecule has 1 amide bonds. The van der Waals surface area contributed by atoms with Crippen LogP contribution in [0.1, 0.15) is 35.0 Å². The molecule has 34 heavy (non-hydrogen) atoms. The number of benzene rings is 2. The molecular formula is C25H27BrN4O3S. The molecular weight excluding hydrogens is 516 g/mol. The molecule has 2 aromatic carbocycles. The second-order valence-corrected chi connectivity index (χ2v) is 9.34. The maximum absolute atomic E-state index is 12.2. The van der Waals surface area contributed by atoms with Crippen LogP contribution in [-0.2, 0) is 11.4 Å². The van der Waals surface area contributed by atoms with Crippen molar-refractivity contribution in [2.45, 2.75) is 39.5 Å². The maximum Gasteiger partial charge on any atom is 0.250 e. The van der Waals surface area contributed by atoms with Crippen LogP contribution in [0.5, 0.6) is 11.5 Å². The Labute approximate surface area is 212 Å². The summed E-state index contributed by atoms with van der Waals surface area (Å²) >= 11 is 4.82. The smallest absolute Gasteiger partial charge is 0.250 e. The molecule has 0 aliphatic rings. The highest BCUT2D eigenvalue weighted by molar-refractivity contribution is 9.10. The van der Waals surface area contributed by atoms with Gasteiger partial charge in [-0.05, 0) is 67.4 Å². The molecule has 0 radical (unpaired) electrons. The van der Waals surface area contributed by atoms with E-state index in [4.69, 9.17) is 9.47 Å². The molecule has 0 bridgehead atoms. The summed E-state index contributed by atoms with van der Waals surface area (Å²) in [5, 5.41) is 4.65. The fourth-order valence-corrected chi connectivity index (χ4v) is 4.14. The lowest BCUT2D eigenvalue weighted by Gasteiger charge is -2.14. The van der Waals surface area contributed by atoms with Crippen molar-refractivity contribution >= 4 is 39.8 Å². The van der Waals surface area contributed by atoms with Crippen LogP contribution in [0, 0.1) is 20.8 Å². The van der Waals surface area contributed by atoms with Gasteiger partial charge in [-0.3, -0.25) is 4.79 Å². The summed E-state index contributed by atoms with van der Waals surface area (Å²) in [7, 11) is 0. The molecule has 3 aromatic rings. The number of hydrazone groups is 1. The van der Waals surface area contributed by atoms with Crippen molar-refractivity contribution in [3.63, 3.8) is 0 Å². The molecule has 0 saturated carbocycles. The first-order valence-corrected chi connectivity index (χ1v) is 12.5. The molecule has 3 rings (SSSR count). The molecule has 0 unspecified atom stereocenters. The van der Waals surface area contributed by atoms with Crippen molar-refractivity contribution in [2.75, 3.05) is 12.4 Å². The van der Waals surface area contributed by atoms with Crippen molar-refractivity contribution in [1.82, 2.24) is 15.4 Å². The Balaban J connectivity index is 1.61. The van der Waals surface area contributed by atoms with E-state index in [1.807, 2.05) is 51.1 Å². The minimum absolute atomic E-state index is 0.164. The van der Waals surface area contributed by atoms with Crippen molar-refractivity contribution in [3.8, 4) is 11.5 Å². The molecule has 9 heteroatoms. The number of nitrogens with zero attached hydrogens (tertiary/aromatic N) is 3. The van der Waals surface area contributed by atoms with Crippen LogP contribution < -0.4 is 14.9 Å². The number of amides is 1. The van der Waals surface area contributed by atoms with E-state index >= 15 is 0 Å². The first-order valence-electron chi connectivity index (χ1n) is 10.8. The summed E-state index contributed by atoms with van der Waals surface area (Å²) in [4.78, 5) is 20.8. The third-order valence-corrected chi connectivity index (χ3v) is 6.10. The van der Waals surface area contributed by atoms with Crippen LogP contribution in [0.2, 0.25) is 0 Å². The van der Waals surface area contributed by atoms with Gasteiger partial charge in [0.1, 0.15) is 6.61 Å². The van der Waals surface area contributed by atoms with Crippen LogP contribution in [0.15, 0.2) is 57.2 Å². The Morgan fingerprint density at radius 1 is 1.06 bits per heavy atom. The molecule has 0 saturated heterocycles. The van der Waals surface area contributed by atoms with Gasteiger partial charge in [0.15, 0.2) is 16.7 Å². The highest BCUT2D eigenvalue weighted by Gasteiger charge is 2.11. The molecule has 1 aromatic heterocycles. The fourth-order valence-electron chi connectivity index (χ4n) is 2.97. The van der Waals surface area contributed by atoms with Gasteiger partial charge in [0.2, 0.25) is 0 Å². The number of carbonyl (C=O) groups excluding carboxylic acids is 1. The lowest BCUT2D eigenvalue weighted by molar-refractivity contribution is -0.118. The molecule has 0 aliphatic carbocycles. The van der Waals surface area contributed by atoms with E-state index in [-0.39, 0.29) is 11.7 Å². The molecule has 178 valence electrons. The number of aryl methyl sites for hydroxylation is 3. The van der Waals surface area contributed by atoms with E-state index in [0.717, 1.165) is 27.0 Å². The largest absolute Gasteiger partial charge is 0.490 e. The van der Waals surface area contributed by atoms with E-state index in [2.05, 4.69) is 55.5 Å². The van der Waals surface area contributed by atoms with E-state index in [0.29, 0.717) is 29.9 Å². The zero-order chi connectivity index (χ0) is 24.5. The number of hydrogen-bond donors (Lipinski definition) is 1. The first-order chi connectivity index (χ1) is 16.3. The van der Waals surface area contributed by atoms with Gasteiger partial charge in [-0.25, -0.2) is 15.4 Å². The second kappa shape index (κ2) is 12.5. The van der Waals surface area contributed by atoms with E-state index in [1.165, 1.54) is 17.3 Å². The van der Waals surface area contributed by atoms with Gasteiger partial charge in [0.05, 0.1) is 18.6 Å². The molecule has 0 atom stereocenters. The van der Waals surface area contributed by atoms with Gasteiger partial charge in [0, 0.05) is 21.4 Å². The number of halogens is 1. The standard InChI is InChI=1S/C25H27BrN4O3S/c1-5-32-22-11-20(21(26)12-23(22)33-14-19-8-6-16(2)7-9-19)13-27-30-24(31)15-34-25-28-17(3)10-18(4)29-25/h6-13H,5,14-15H2,1-4H3,(H,30,31)/b27-13-. The van der Waals surface area contributed by atoms with Crippen molar-refractivity contribution < 1.29 is 14.3 Å². The maximum atomic E-state index is 12.2. The minimum atomic E-state index is -0.247. The van der Waals surface area contributed by atoms with Crippen LogP contribution in [-0.4, -0.2) is 34.4 Å². The van der Waals surface area contributed by atoms with E-state index in [9.17, 15) is 4.79 Å². The van der Waals surface area contributed by atoms with Gasteiger partial charge < -0.3 is 9.47 Å². The summed E-state index contributed by atoms with van der Waals surface area (Å²) in [6, 6.07) is 13.7. The van der Waals surface area contributed by atoms with Gasteiger partial charge in [-0.15, -0.1) is 0 Å². The highest BCUT2D eigenvalue weighted by atomic mass is 79.9. The summed E-state index contributed by atoms with van der Waals surface area (Å²) in [5.74, 6) is 1.15.